The minimum absolute atomic E-state index is 0.0715. The molecule has 2 rings (SSSR count). The van der Waals surface area contributed by atoms with Crippen LogP contribution < -0.4 is 4.72 Å². The van der Waals surface area contributed by atoms with Crippen molar-refractivity contribution in [2.45, 2.75) is 30.4 Å². The Kier molecular flexibility index (Phi) is 3.88. The molecule has 0 saturated carbocycles. The van der Waals surface area contributed by atoms with Gasteiger partial charge in [-0.05, 0) is 19.1 Å². The average molecular weight is 285 g/mol. The zero-order valence-electron chi connectivity index (χ0n) is 10.4. The van der Waals surface area contributed by atoms with Gasteiger partial charge in [0.2, 0.25) is 10.0 Å². The summed E-state index contributed by atoms with van der Waals surface area (Å²) in [5, 5.41) is 8.77. The van der Waals surface area contributed by atoms with Crippen LogP contribution in [-0.2, 0) is 19.6 Å². The van der Waals surface area contributed by atoms with Crippen LogP contribution in [0.2, 0.25) is 0 Å². The summed E-state index contributed by atoms with van der Waals surface area (Å²) in [6.07, 6.45) is -0.800. The molecule has 1 aromatic rings. The van der Waals surface area contributed by atoms with Crippen molar-refractivity contribution in [1.82, 2.24) is 4.72 Å². The number of carboxylic acid groups (broad SMARTS) is 1. The largest absolute Gasteiger partial charge is 0.479 e. The molecule has 0 radical (unpaired) electrons. The number of hydrogen-bond donors (Lipinski definition) is 2. The van der Waals surface area contributed by atoms with Gasteiger partial charge in [0.05, 0.1) is 11.5 Å². The molecule has 2 N–H and O–H groups in total. The van der Waals surface area contributed by atoms with Crippen molar-refractivity contribution in [3.8, 4) is 0 Å². The van der Waals surface area contributed by atoms with Gasteiger partial charge in [0.15, 0.2) is 6.10 Å². The number of benzene rings is 1. The lowest BCUT2D eigenvalue weighted by Gasteiger charge is -2.11. The van der Waals surface area contributed by atoms with Gasteiger partial charge >= 0.3 is 5.97 Å². The van der Waals surface area contributed by atoms with E-state index in [1.165, 1.54) is 12.1 Å². The molecule has 1 aliphatic rings. The topological polar surface area (TPSA) is 92.7 Å². The predicted octanol–water partition coefficient (Wildman–Crippen LogP) is 0.515. The molecule has 1 fully saturated rings. The molecule has 0 amide bonds. The molecule has 1 aromatic carbocycles. The van der Waals surface area contributed by atoms with Crippen LogP contribution in [0.1, 0.15) is 12.0 Å². The van der Waals surface area contributed by atoms with Gasteiger partial charge < -0.3 is 9.84 Å². The number of carbonyl (C=O) groups is 1. The predicted molar refractivity (Wildman–Crippen MR) is 67.3 cm³/mol. The van der Waals surface area contributed by atoms with Crippen molar-refractivity contribution in [3.63, 3.8) is 0 Å². The van der Waals surface area contributed by atoms with E-state index in [2.05, 4.69) is 4.72 Å². The fourth-order valence-electron chi connectivity index (χ4n) is 1.89. The fraction of sp³-hybridized carbons (Fsp3) is 0.417. The molecular formula is C12H15NO5S. The number of hydrogen-bond acceptors (Lipinski definition) is 4. The highest BCUT2D eigenvalue weighted by Crippen LogP contribution is 2.17. The zero-order chi connectivity index (χ0) is 14.0. The number of rotatable bonds is 4. The molecule has 1 aliphatic heterocycles. The molecular weight excluding hydrogens is 270 g/mol. The maximum absolute atomic E-state index is 12.1. The molecule has 1 heterocycles. The lowest BCUT2D eigenvalue weighted by Crippen LogP contribution is -2.35. The molecule has 0 spiro atoms. The first kappa shape index (κ1) is 14.0. The highest BCUT2D eigenvalue weighted by molar-refractivity contribution is 7.89. The van der Waals surface area contributed by atoms with E-state index in [9.17, 15) is 13.2 Å². The summed E-state index contributed by atoms with van der Waals surface area (Å²) in [5.41, 5.74) is 0.967. The Balaban J connectivity index is 2.06. The SMILES string of the molecule is Cc1ccc(S(=O)(=O)NC2COC(C(=O)O)C2)cc1. The van der Waals surface area contributed by atoms with E-state index in [1.54, 1.807) is 12.1 Å². The van der Waals surface area contributed by atoms with Crippen LogP contribution in [-0.4, -0.2) is 38.2 Å². The smallest absolute Gasteiger partial charge is 0.332 e. The van der Waals surface area contributed by atoms with E-state index in [1.807, 2.05) is 6.92 Å². The van der Waals surface area contributed by atoms with Crippen molar-refractivity contribution in [2.75, 3.05) is 6.61 Å². The summed E-state index contributed by atoms with van der Waals surface area (Å²) in [6, 6.07) is 5.94. The van der Waals surface area contributed by atoms with Crippen LogP contribution >= 0.6 is 0 Å². The normalized spacial score (nSPS) is 23.4. The molecule has 2 unspecified atom stereocenters. The Hall–Kier alpha value is -1.44. The van der Waals surface area contributed by atoms with E-state index < -0.39 is 28.1 Å². The van der Waals surface area contributed by atoms with Gasteiger partial charge in [-0.25, -0.2) is 17.9 Å². The van der Waals surface area contributed by atoms with Gasteiger partial charge in [-0.2, -0.15) is 0 Å². The summed E-state index contributed by atoms with van der Waals surface area (Å²) in [5.74, 6) is -1.07. The first-order valence-electron chi connectivity index (χ1n) is 5.82. The van der Waals surface area contributed by atoms with Crippen molar-refractivity contribution in [1.29, 1.82) is 0 Å². The third-order valence-electron chi connectivity index (χ3n) is 2.93. The molecule has 7 heteroatoms. The Morgan fingerprint density at radius 3 is 2.53 bits per heavy atom. The second kappa shape index (κ2) is 5.28. The van der Waals surface area contributed by atoms with E-state index in [4.69, 9.17) is 9.84 Å². The second-order valence-electron chi connectivity index (χ2n) is 4.53. The van der Waals surface area contributed by atoms with E-state index in [-0.39, 0.29) is 17.9 Å². The van der Waals surface area contributed by atoms with Crippen LogP contribution in [0.4, 0.5) is 0 Å². The Bertz CT molecular complexity index is 566. The number of aliphatic carboxylic acids is 1. The molecule has 104 valence electrons. The summed E-state index contributed by atoms with van der Waals surface area (Å²) < 4.78 is 31.6. The van der Waals surface area contributed by atoms with Crippen LogP contribution in [0.5, 0.6) is 0 Å². The van der Waals surface area contributed by atoms with Crippen molar-refractivity contribution >= 4 is 16.0 Å². The van der Waals surface area contributed by atoms with Crippen LogP contribution in [0, 0.1) is 6.92 Å². The van der Waals surface area contributed by atoms with Crippen molar-refractivity contribution in [3.05, 3.63) is 29.8 Å². The summed E-state index contributed by atoms with van der Waals surface area (Å²) in [7, 11) is -3.63. The highest BCUT2D eigenvalue weighted by Gasteiger charge is 2.33. The highest BCUT2D eigenvalue weighted by atomic mass is 32.2. The van der Waals surface area contributed by atoms with Crippen molar-refractivity contribution in [2.24, 2.45) is 0 Å². The number of nitrogens with one attached hydrogen (secondary N) is 1. The monoisotopic (exact) mass is 285 g/mol. The summed E-state index contributed by atoms with van der Waals surface area (Å²) in [6.45, 7) is 1.94. The third-order valence-corrected chi connectivity index (χ3v) is 4.46. The van der Waals surface area contributed by atoms with Gasteiger partial charge in [-0.1, -0.05) is 17.7 Å². The Morgan fingerprint density at radius 1 is 1.37 bits per heavy atom. The Morgan fingerprint density at radius 2 is 2.00 bits per heavy atom. The fourth-order valence-corrected chi connectivity index (χ4v) is 3.12. The maximum Gasteiger partial charge on any atom is 0.332 e. The second-order valence-corrected chi connectivity index (χ2v) is 6.24. The summed E-state index contributed by atoms with van der Waals surface area (Å²) in [4.78, 5) is 10.9. The first-order chi connectivity index (χ1) is 8.88. The summed E-state index contributed by atoms with van der Waals surface area (Å²) >= 11 is 0. The quantitative estimate of drug-likeness (QED) is 0.841. The maximum atomic E-state index is 12.1. The Labute approximate surface area is 111 Å². The van der Waals surface area contributed by atoms with Crippen LogP contribution in [0.3, 0.4) is 0 Å². The molecule has 6 nitrogen and oxygen atoms in total. The van der Waals surface area contributed by atoms with Gasteiger partial charge in [0.1, 0.15) is 0 Å². The molecule has 19 heavy (non-hydrogen) atoms. The van der Waals surface area contributed by atoms with Gasteiger partial charge in [0.25, 0.3) is 0 Å². The van der Waals surface area contributed by atoms with Crippen LogP contribution in [0.15, 0.2) is 29.2 Å². The van der Waals surface area contributed by atoms with E-state index in [0.717, 1.165) is 5.56 Å². The minimum atomic E-state index is -3.63. The van der Waals surface area contributed by atoms with E-state index >= 15 is 0 Å². The standard InChI is InChI=1S/C12H15NO5S/c1-8-2-4-10(5-3-8)19(16,17)13-9-6-11(12(14)15)18-7-9/h2-5,9,11,13H,6-7H2,1H3,(H,14,15). The molecule has 2 atom stereocenters. The average Bonchev–Trinajstić information content (AvgIpc) is 2.77. The first-order valence-corrected chi connectivity index (χ1v) is 7.30. The minimum Gasteiger partial charge on any atom is -0.479 e. The molecule has 1 saturated heterocycles. The third kappa shape index (κ3) is 3.31. The lowest BCUT2D eigenvalue weighted by molar-refractivity contribution is -0.147. The zero-order valence-corrected chi connectivity index (χ0v) is 11.2. The lowest BCUT2D eigenvalue weighted by atomic mass is 10.2. The van der Waals surface area contributed by atoms with E-state index in [0.29, 0.717) is 0 Å². The number of aryl methyl sites for hydroxylation is 1. The number of ether oxygens (including phenoxy) is 1. The molecule has 0 aromatic heterocycles. The van der Waals surface area contributed by atoms with Gasteiger partial charge in [-0.15, -0.1) is 0 Å². The van der Waals surface area contributed by atoms with Crippen molar-refractivity contribution < 1.29 is 23.1 Å². The number of carboxylic acids is 1. The van der Waals surface area contributed by atoms with Crippen LogP contribution in [0.25, 0.3) is 0 Å². The number of sulfonamides is 1. The van der Waals surface area contributed by atoms with Gasteiger partial charge in [-0.3, -0.25) is 0 Å². The van der Waals surface area contributed by atoms with Gasteiger partial charge in [0, 0.05) is 12.5 Å². The molecule has 0 aliphatic carbocycles. The molecule has 0 bridgehead atoms.